The molecule has 0 spiro atoms. The van der Waals surface area contributed by atoms with Crippen LogP contribution in [0.4, 0.5) is 0 Å². The molecule has 6 aliphatic rings. The van der Waals surface area contributed by atoms with Crippen molar-refractivity contribution in [2.75, 3.05) is 0 Å². The molecule has 0 radical (unpaired) electrons. The third-order valence-corrected chi connectivity index (χ3v) is 18.0. The molecule has 16 rings (SSSR count). The fourth-order valence-corrected chi connectivity index (χ4v) is 13.7. The van der Waals surface area contributed by atoms with Crippen LogP contribution >= 0.6 is 0 Å². The van der Waals surface area contributed by atoms with Crippen LogP contribution in [0.25, 0.3) is 33.4 Å². The summed E-state index contributed by atoms with van der Waals surface area (Å²) in [4.78, 5) is 10.8. The molecule has 0 N–H and O–H groups in total. The van der Waals surface area contributed by atoms with Gasteiger partial charge < -0.3 is 0 Å². The van der Waals surface area contributed by atoms with Gasteiger partial charge in [-0.05, 0) is 183 Å². The Kier molecular flexibility index (Phi) is 11.1. The first kappa shape index (κ1) is 46.8. The Morgan fingerprint density at radius 1 is 0.338 bits per heavy atom. The normalized spacial score (nSPS) is 17.1. The van der Waals surface area contributed by atoms with Crippen molar-refractivity contribution >= 4 is 11.1 Å². The summed E-state index contributed by atoms with van der Waals surface area (Å²) in [5, 5.41) is 0. The van der Waals surface area contributed by atoms with Crippen molar-refractivity contribution in [3.05, 3.63) is 320 Å². The van der Waals surface area contributed by atoms with Crippen LogP contribution in [-0.2, 0) is 31.9 Å². The summed E-state index contributed by atoms with van der Waals surface area (Å²) < 4.78 is 0. The van der Waals surface area contributed by atoms with E-state index in [4.69, 9.17) is 9.97 Å². The zero-order valence-electron chi connectivity index (χ0n) is 43.0. The van der Waals surface area contributed by atoms with E-state index in [9.17, 15) is 0 Å². The number of rotatable bonds is 12. The van der Waals surface area contributed by atoms with Crippen LogP contribution in [-0.4, -0.2) is 9.97 Å². The molecule has 4 fully saturated rings. The summed E-state index contributed by atoms with van der Waals surface area (Å²) in [7, 11) is 0. The predicted molar refractivity (Wildman–Crippen MR) is 307 cm³/mol. The smallest absolute Gasteiger partial charge is 0.260 e. The zero-order valence-corrected chi connectivity index (χ0v) is 45.2. The maximum atomic E-state index is 5.38. The summed E-state index contributed by atoms with van der Waals surface area (Å²) in [6.45, 7) is 0. The maximum absolute atomic E-state index is 5.38. The summed E-state index contributed by atoms with van der Waals surface area (Å²) in [6.07, 6.45) is 13.9. The predicted octanol–water partition coefficient (Wildman–Crippen LogP) is 17.3. The molecule has 2 heterocycles. The molecule has 0 unspecified atom stereocenters. The quantitative estimate of drug-likeness (QED) is 0.0900. The molecule has 3 heteroatoms. The average molecular weight is 1170 g/mol. The van der Waals surface area contributed by atoms with E-state index in [0.29, 0.717) is 23.7 Å². The molecule has 4 saturated carbocycles. The number of fused-ring (bicyclic) bond motifs is 6. The number of hydrogen-bond donors (Lipinski definition) is 0. The Morgan fingerprint density at radius 2 is 0.675 bits per heavy atom. The van der Waals surface area contributed by atoms with Crippen molar-refractivity contribution in [3.8, 4) is 22.3 Å². The standard InChI is InChI=1S/C74H56N2.Pt/c1-3-13-51(14-4-1)71(52-15-5-2-6-16-52)72(57-17-11-19-59(41-57)73(69-21-7-9-39-75-69)65-43-53(47-23-24-47)31-35-61(65)62-36-32-54(44-66(62)73)48-25-26-48)58-18-12-20-60(42-58)74(70-22-8-10-40-76-70)67-45-55(49-27-28-49)33-37-63(67)64-38-34-56(46-68(64)74)50-29-30-50;/h1-22,31-40,43-50H,23-30H2;/q-2;+2. The van der Waals surface area contributed by atoms with Gasteiger partial charge in [0.15, 0.2) is 0 Å². The van der Waals surface area contributed by atoms with Gasteiger partial charge >= 0.3 is 21.1 Å². The monoisotopic (exact) mass is 1170 g/mol. The second kappa shape index (κ2) is 18.3. The van der Waals surface area contributed by atoms with Crippen LogP contribution in [0.5, 0.6) is 0 Å². The van der Waals surface area contributed by atoms with Crippen LogP contribution in [0.3, 0.4) is 0 Å². The van der Waals surface area contributed by atoms with E-state index < -0.39 is 10.8 Å². The van der Waals surface area contributed by atoms with Gasteiger partial charge in [-0.25, -0.2) is 0 Å². The number of benzene rings is 8. The van der Waals surface area contributed by atoms with Crippen molar-refractivity contribution in [1.29, 1.82) is 0 Å². The third-order valence-electron chi connectivity index (χ3n) is 18.0. The van der Waals surface area contributed by atoms with E-state index in [1.807, 2.05) is 12.4 Å². The molecule has 6 aliphatic carbocycles. The first-order chi connectivity index (χ1) is 37.6. The van der Waals surface area contributed by atoms with Gasteiger partial charge in [0.25, 0.3) is 0 Å². The topological polar surface area (TPSA) is 25.8 Å². The molecule has 0 amide bonds. The number of nitrogens with zero attached hydrogens (tertiary/aromatic N) is 2. The van der Waals surface area contributed by atoms with Gasteiger partial charge in [-0.2, -0.15) is 0 Å². The van der Waals surface area contributed by atoms with Crippen molar-refractivity contribution < 1.29 is 21.1 Å². The van der Waals surface area contributed by atoms with Gasteiger partial charge in [-0.1, -0.05) is 146 Å². The molecule has 0 aliphatic heterocycles. The molecule has 2 nitrogen and oxygen atoms in total. The van der Waals surface area contributed by atoms with Crippen LogP contribution in [0.2, 0.25) is 0 Å². The molecule has 77 heavy (non-hydrogen) atoms. The number of pyridine rings is 2. The number of aromatic nitrogens is 2. The zero-order chi connectivity index (χ0) is 50.0. The SMILES string of the molecule is [Pt+2].[c-]1c(C(=C(c2ccccc2)c2ccccc2)c2[c-]c(C3(c4ccccn4)c4cc(C5CC5)ccc4-c4ccc(C5CC5)cc43)ccc2)cccc1C1(c2ccccn2)c2cc(C3CC3)ccc2-c2ccc(C3CC3)cc21. The van der Waals surface area contributed by atoms with E-state index >= 15 is 0 Å². The largest absolute Gasteiger partial charge is 2.00 e. The Hall–Kier alpha value is -7.51. The van der Waals surface area contributed by atoms with E-state index in [1.165, 1.54) is 118 Å². The molecule has 0 saturated heterocycles. The van der Waals surface area contributed by atoms with Gasteiger partial charge in [-0.3, -0.25) is 9.97 Å². The fourth-order valence-electron chi connectivity index (χ4n) is 13.7. The van der Waals surface area contributed by atoms with E-state index in [1.54, 1.807) is 0 Å². The van der Waals surface area contributed by atoms with E-state index in [2.05, 4.69) is 218 Å². The van der Waals surface area contributed by atoms with E-state index in [0.717, 1.165) is 55.9 Å². The first-order valence-corrected chi connectivity index (χ1v) is 28.0. The fraction of sp³-hybridized carbons (Fsp3) is 0.189. The van der Waals surface area contributed by atoms with Crippen LogP contribution < -0.4 is 0 Å². The molecule has 0 atom stereocenters. The van der Waals surface area contributed by atoms with Gasteiger partial charge in [0.05, 0.1) is 22.2 Å². The van der Waals surface area contributed by atoms with Crippen molar-refractivity contribution in [1.82, 2.24) is 9.97 Å². The number of hydrogen-bond acceptors (Lipinski definition) is 2. The van der Waals surface area contributed by atoms with Gasteiger partial charge in [-0.15, -0.1) is 76.4 Å². The van der Waals surface area contributed by atoms with Crippen molar-refractivity contribution in [3.63, 3.8) is 0 Å². The van der Waals surface area contributed by atoms with Gasteiger partial charge in [0.1, 0.15) is 0 Å². The van der Waals surface area contributed by atoms with Gasteiger partial charge in [0.2, 0.25) is 0 Å². The Bertz CT molecular complexity index is 3580. The summed E-state index contributed by atoms with van der Waals surface area (Å²) >= 11 is 0. The molecule has 8 aromatic carbocycles. The molecule has 10 aromatic rings. The Balaban J connectivity index is 0.00000518. The van der Waals surface area contributed by atoms with Crippen molar-refractivity contribution in [2.45, 2.75) is 85.9 Å². The summed E-state index contributed by atoms with van der Waals surface area (Å²) in [6, 6.07) is 87.0. The summed E-state index contributed by atoms with van der Waals surface area (Å²) in [5.74, 6) is 2.38. The molecular weight excluding hydrogens is 1110 g/mol. The van der Waals surface area contributed by atoms with Crippen LogP contribution in [0.15, 0.2) is 219 Å². The van der Waals surface area contributed by atoms with E-state index in [-0.39, 0.29) is 21.1 Å². The second-order valence-electron chi connectivity index (χ2n) is 22.7. The average Bonchev–Trinajstić information content (AvgIpc) is 4.42. The first-order valence-electron chi connectivity index (χ1n) is 28.0. The maximum Gasteiger partial charge on any atom is 2.00 e. The molecular formula is C74H56N2Pt. The second-order valence-corrected chi connectivity index (χ2v) is 22.7. The summed E-state index contributed by atoms with van der Waals surface area (Å²) in [5.41, 5.74) is 25.5. The molecule has 372 valence electrons. The Labute approximate surface area is 467 Å². The molecule has 0 bridgehead atoms. The molecule has 2 aromatic heterocycles. The van der Waals surface area contributed by atoms with Crippen molar-refractivity contribution in [2.24, 2.45) is 0 Å². The van der Waals surface area contributed by atoms with Crippen LogP contribution in [0.1, 0.15) is 164 Å². The third kappa shape index (κ3) is 7.53. The van der Waals surface area contributed by atoms with Crippen LogP contribution in [0, 0.1) is 12.1 Å². The Morgan fingerprint density at radius 3 is 0.987 bits per heavy atom. The minimum Gasteiger partial charge on any atom is -0.260 e. The minimum atomic E-state index is -0.715. The minimum absolute atomic E-state index is 0. The van der Waals surface area contributed by atoms with Gasteiger partial charge in [0, 0.05) is 12.4 Å².